The first kappa shape index (κ1) is 26.9. The molecule has 2 heterocycles. The van der Waals surface area contributed by atoms with Gasteiger partial charge in [-0.1, -0.05) is 81.4 Å². The molecule has 0 bridgehead atoms. The van der Waals surface area contributed by atoms with Gasteiger partial charge in [0.15, 0.2) is 6.29 Å². The minimum absolute atomic E-state index is 0.272. The number of ether oxygens (including phenoxy) is 1. The van der Waals surface area contributed by atoms with Gasteiger partial charge in [-0.25, -0.2) is 0 Å². The fourth-order valence-corrected chi connectivity index (χ4v) is 9.94. The molecular formula is C27H38N2O6Si. The summed E-state index contributed by atoms with van der Waals surface area (Å²) in [4.78, 5) is 13.0. The van der Waals surface area contributed by atoms with Crippen LogP contribution in [0.1, 0.15) is 33.6 Å². The molecule has 0 aliphatic carbocycles. The molecule has 0 spiro atoms. The van der Waals surface area contributed by atoms with Crippen molar-refractivity contribution < 1.29 is 29.3 Å². The van der Waals surface area contributed by atoms with E-state index in [0.717, 1.165) is 23.3 Å². The second-order valence-electron chi connectivity index (χ2n) is 10.7. The minimum atomic E-state index is -3.12. The molecule has 2 saturated heterocycles. The van der Waals surface area contributed by atoms with Crippen LogP contribution in [0.2, 0.25) is 5.04 Å². The Morgan fingerprint density at radius 2 is 1.64 bits per heavy atom. The third-order valence-corrected chi connectivity index (χ3v) is 12.3. The Hall–Kier alpha value is -2.11. The Balaban J connectivity index is 1.79. The molecule has 0 aromatic heterocycles. The van der Waals surface area contributed by atoms with Gasteiger partial charge in [-0.05, 0) is 34.8 Å². The number of carbonyl (C=O) groups excluding carboxylic acids is 1. The molecular weight excluding hydrogens is 476 g/mol. The van der Waals surface area contributed by atoms with Gasteiger partial charge in [0.05, 0.1) is 12.6 Å². The third kappa shape index (κ3) is 5.15. The van der Waals surface area contributed by atoms with Gasteiger partial charge < -0.3 is 35.1 Å². The largest absolute Gasteiger partial charge is 0.394 e. The van der Waals surface area contributed by atoms with Crippen LogP contribution in [-0.2, 0) is 14.0 Å². The number of amides is 1. The number of benzene rings is 2. The fourth-order valence-electron chi connectivity index (χ4n) is 5.37. The highest BCUT2D eigenvalue weighted by Crippen LogP contribution is 2.39. The maximum absolute atomic E-state index is 13.0. The Morgan fingerprint density at radius 1 is 1.06 bits per heavy atom. The summed E-state index contributed by atoms with van der Waals surface area (Å²) < 4.78 is 13.1. The molecule has 2 aliphatic rings. The van der Waals surface area contributed by atoms with Crippen LogP contribution in [0.25, 0.3) is 0 Å². The van der Waals surface area contributed by atoms with E-state index in [1.54, 1.807) is 0 Å². The van der Waals surface area contributed by atoms with Crippen LogP contribution in [0.3, 0.4) is 0 Å². The van der Waals surface area contributed by atoms with Gasteiger partial charge in [0, 0.05) is 0 Å². The molecule has 9 heteroatoms. The van der Waals surface area contributed by atoms with Gasteiger partial charge >= 0.3 is 0 Å². The van der Waals surface area contributed by atoms with Crippen LogP contribution in [0.5, 0.6) is 0 Å². The molecule has 4 rings (SSSR count). The Bertz CT molecular complexity index is 957. The number of rotatable bonds is 7. The monoisotopic (exact) mass is 514 g/mol. The molecule has 0 unspecified atom stereocenters. The number of nitrogens with one attached hydrogen (secondary N) is 2. The highest BCUT2D eigenvalue weighted by molar-refractivity contribution is 6.99. The maximum Gasteiger partial charge on any atom is 0.264 e. The summed E-state index contributed by atoms with van der Waals surface area (Å²) in [5.74, 6) is -0.272. The van der Waals surface area contributed by atoms with Crippen LogP contribution in [0.15, 0.2) is 60.7 Å². The first-order valence-corrected chi connectivity index (χ1v) is 14.5. The van der Waals surface area contributed by atoms with E-state index in [-0.39, 0.29) is 17.0 Å². The summed E-state index contributed by atoms with van der Waals surface area (Å²) in [5.41, 5.74) is 0. The number of hydrogen-bond donors (Lipinski definition) is 5. The number of aliphatic hydroxyl groups excluding tert-OH is 3. The molecule has 6 atom stereocenters. The summed E-state index contributed by atoms with van der Waals surface area (Å²) in [7, 11) is -3.12. The van der Waals surface area contributed by atoms with Crippen LogP contribution in [-0.4, -0.2) is 79.4 Å². The molecule has 5 N–H and O–H groups in total. The van der Waals surface area contributed by atoms with E-state index in [9.17, 15) is 20.1 Å². The average molecular weight is 515 g/mol. The van der Waals surface area contributed by atoms with Crippen molar-refractivity contribution in [2.24, 2.45) is 0 Å². The molecule has 1 amide bonds. The molecule has 0 saturated carbocycles. The van der Waals surface area contributed by atoms with Crippen molar-refractivity contribution in [3.05, 3.63) is 60.7 Å². The summed E-state index contributed by atoms with van der Waals surface area (Å²) >= 11 is 0. The Morgan fingerprint density at radius 3 is 2.11 bits per heavy atom. The summed E-state index contributed by atoms with van der Waals surface area (Å²) in [6.45, 7) is 6.61. The molecule has 2 fully saturated rings. The molecule has 8 nitrogen and oxygen atoms in total. The lowest BCUT2D eigenvalue weighted by molar-refractivity contribution is -0.247. The van der Waals surface area contributed by atoms with Crippen molar-refractivity contribution in [2.75, 3.05) is 13.2 Å². The second kappa shape index (κ2) is 11.1. The highest BCUT2D eigenvalue weighted by Gasteiger charge is 2.55. The van der Waals surface area contributed by atoms with Gasteiger partial charge in [0.2, 0.25) is 5.91 Å². The molecule has 2 aromatic carbocycles. The third-order valence-electron chi connectivity index (χ3n) is 7.28. The zero-order chi connectivity index (χ0) is 25.9. The zero-order valence-corrected chi connectivity index (χ0v) is 22.1. The quantitative estimate of drug-likeness (QED) is 0.336. The van der Waals surface area contributed by atoms with Crippen molar-refractivity contribution in [3.63, 3.8) is 0 Å². The predicted molar refractivity (Wildman–Crippen MR) is 139 cm³/mol. The van der Waals surface area contributed by atoms with Crippen LogP contribution >= 0.6 is 0 Å². The lowest BCUT2D eigenvalue weighted by Gasteiger charge is -2.49. The van der Waals surface area contributed by atoms with Crippen molar-refractivity contribution in [1.82, 2.24) is 10.6 Å². The maximum atomic E-state index is 13.0. The SMILES string of the molecule is CC(C)(C)[Si](O[C@@H]1O[C@H](CO)[C@@H](O)[C@H](O)[C@H]1NC(=O)[C@@H]1CCCN1)(c1ccccc1)c1ccccc1. The van der Waals surface area contributed by atoms with Gasteiger partial charge in [-0.2, -0.15) is 0 Å². The number of aliphatic hydroxyl groups is 3. The minimum Gasteiger partial charge on any atom is -0.394 e. The first-order valence-electron chi connectivity index (χ1n) is 12.6. The Labute approximate surface area is 213 Å². The molecule has 36 heavy (non-hydrogen) atoms. The van der Waals surface area contributed by atoms with Crippen molar-refractivity contribution >= 4 is 24.6 Å². The number of hydrogen-bond acceptors (Lipinski definition) is 7. The van der Waals surface area contributed by atoms with E-state index in [1.165, 1.54) is 0 Å². The van der Waals surface area contributed by atoms with E-state index in [0.29, 0.717) is 6.42 Å². The normalized spacial score (nSPS) is 29.2. The zero-order valence-electron chi connectivity index (χ0n) is 21.1. The average Bonchev–Trinajstić information content (AvgIpc) is 3.42. The van der Waals surface area contributed by atoms with Gasteiger partial charge in [-0.15, -0.1) is 0 Å². The summed E-state index contributed by atoms with van der Waals surface area (Å²) in [6.07, 6.45) is -3.34. The van der Waals surface area contributed by atoms with Gasteiger partial charge in [0.25, 0.3) is 8.32 Å². The van der Waals surface area contributed by atoms with Crippen molar-refractivity contribution in [2.45, 2.75) is 75.3 Å². The standard InChI is InChI=1S/C27H38N2O6Si/c1-27(2,3)36(18-11-6-4-7-12-18,19-13-8-5-9-14-19)35-26-22(24(32)23(31)21(17-30)34-26)29-25(33)20-15-10-16-28-20/h4-9,11-14,20-24,26,28,30-32H,10,15-17H2,1-3H3,(H,29,33)/t20-,21+,22+,23+,24+,26-/m0/s1. The van der Waals surface area contributed by atoms with E-state index in [1.807, 2.05) is 60.7 Å². The van der Waals surface area contributed by atoms with Crippen LogP contribution in [0.4, 0.5) is 0 Å². The van der Waals surface area contributed by atoms with Gasteiger partial charge in [-0.3, -0.25) is 4.79 Å². The predicted octanol–water partition coefficient (Wildman–Crippen LogP) is 0.239. The Kier molecular flexibility index (Phi) is 8.31. The molecule has 196 valence electrons. The van der Waals surface area contributed by atoms with Crippen LogP contribution < -0.4 is 21.0 Å². The summed E-state index contributed by atoms with van der Waals surface area (Å²) in [5, 5.41) is 39.3. The van der Waals surface area contributed by atoms with E-state index >= 15 is 0 Å². The highest BCUT2D eigenvalue weighted by atomic mass is 28.4. The van der Waals surface area contributed by atoms with Crippen LogP contribution in [0, 0.1) is 0 Å². The lowest BCUT2D eigenvalue weighted by atomic mass is 9.96. The van der Waals surface area contributed by atoms with E-state index < -0.39 is 45.6 Å². The molecule has 0 radical (unpaired) electrons. The fraction of sp³-hybridized carbons (Fsp3) is 0.519. The van der Waals surface area contributed by atoms with E-state index in [2.05, 4.69) is 31.4 Å². The smallest absolute Gasteiger partial charge is 0.264 e. The van der Waals surface area contributed by atoms with Gasteiger partial charge in [0.1, 0.15) is 24.4 Å². The lowest BCUT2D eigenvalue weighted by Crippen LogP contribution is -2.73. The number of carbonyl (C=O) groups is 1. The first-order chi connectivity index (χ1) is 17.2. The van der Waals surface area contributed by atoms with Crippen molar-refractivity contribution in [3.8, 4) is 0 Å². The molecule has 2 aromatic rings. The molecule has 2 aliphatic heterocycles. The second-order valence-corrected chi connectivity index (χ2v) is 14.9. The van der Waals surface area contributed by atoms with E-state index in [4.69, 9.17) is 9.16 Å². The van der Waals surface area contributed by atoms with Crippen molar-refractivity contribution in [1.29, 1.82) is 0 Å². The summed E-state index contributed by atoms with van der Waals surface area (Å²) in [6, 6.07) is 18.5. The topological polar surface area (TPSA) is 120 Å².